The van der Waals surface area contributed by atoms with Crippen LogP contribution in [0.3, 0.4) is 0 Å². The van der Waals surface area contributed by atoms with Gasteiger partial charge in [0, 0.05) is 29.0 Å². The number of amides is 1. The fourth-order valence-electron chi connectivity index (χ4n) is 3.73. The van der Waals surface area contributed by atoms with Gasteiger partial charge in [-0.05, 0) is 54.3 Å². The molecule has 2 heterocycles. The Hall–Kier alpha value is -1.85. The second kappa shape index (κ2) is 7.18. The fourth-order valence-corrected chi connectivity index (χ4v) is 4.00. The number of halogens is 1. The van der Waals surface area contributed by atoms with Gasteiger partial charge in [-0.1, -0.05) is 34.1 Å². The summed E-state index contributed by atoms with van der Waals surface area (Å²) < 4.78 is 7.17. The topological polar surface area (TPSA) is 50.4 Å². The van der Waals surface area contributed by atoms with Crippen LogP contribution in [0.5, 0.6) is 5.75 Å². The first-order valence-electron chi connectivity index (χ1n) is 8.71. The molecule has 2 aliphatic heterocycles. The number of rotatable bonds is 4. The van der Waals surface area contributed by atoms with Crippen LogP contribution in [0.25, 0.3) is 0 Å². The molecule has 0 radical (unpaired) electrons. The molecule has 0 aromatic heterocycles. The van der Waals surface area contributed by atoms with Crippen molar-refractivity contribution in [2.75, 3.05) is 19.7 Å². The Labute approximate surface area is 156 Å². The predicted octanol–water partition coefficient (Wildman–Crippen LogP) is 3.46. The third-order valence-corrected chi connectivity index (χ3v) is 5.66. The Morgan fingerprint density at radius 2 is 2.00 bits per heavy atom. The number of fused-ring (bicyclic) bond motifs is 1. The van der Waals surface area contributed by atoms with Gasteiger partial charge in [0.2, 0.25) is 0 Å². The summed E-state index contributed by atoms with van der Waals surface area (Å²) in [6.07, 6.45) is 1.11. The van der Waals surface area contributed by atoms with E-state index in [9.17, 15) is 4.79 Å². The zero-order valence-corrected chi connectivity index (χ0v) is 15.5. The molecule has 0 aliphatic carbocycles. The minimum atomic E-state index is -0.00692. The molecule has 2 aliphatic rings. The van der Waals surface area contributed by atoms with Crippen LogP contribution in [0.2, 0.25) is 0 Å². The van der Waals surface area contributed by atoms with Crippen molar-refractivity contribution < 1.29 is 9.53 Å². The molecule has 1 amide bonds. The molecule has 0 spiro atoms. The van der Waals surface area contributed by atoms with E-state index in [-0.39, 0.29) is 5.91 Å². The van der Waals surface area contributed by atoms with Crippen LogP contribution >= 0.6 is 15.9 Å². The third-order valence-electron chi connectivity index (χ3n) is 5.14. The average molecular weight is 401 g/mol. The van der Waals surface area contributed by atoms with Gasteiger partial charge in [0.25, 0.3) is 5.91 Å². The molecular formula is C20H21BrN2O2. The van der Waals surface area contributed by atoms with Gasteiger partial charge in [-0.25, -0.2) is 0 Å². The van der Waals surface area contributed by atoms with Gasteiger partial charge in [-0.2, -0.15) is 0 Å². The highest BCUT2D eigenvalue weighted by Crippen LogP contribution is 2.32. The quantitative estimate of drug-likeness (QED) is 0.825. The van der Waals surface area contributed by atoms with Crippen LogP contribution < -0.4 is 15.4 Å². The lowest BCUT2D eigenvalue weighted by Crippen LogP contribution is -2.38. The first-order valence-corrected chi connectivity index (χ1v) is 9.50. The summed E-state index contributed by atoms with van der Waals surface area (Å²) in [5.74, 6) is 1.67. The lowest BCUT2D eigenvalue weighted by molar-refractivity contribution is 0.0965. The molecule has 25 heavy (non-hydrogen) atoms. The Kier molecular flexibility index (Phi) is 4.77. The van der Waals surface area contributed by atoms with Crippen molar-refractivity contribution in [1.29, 1.82) is 0 Å². The molecule has 130 valence electrons. The maximum atomic E-state index is 11.8. The Balaban J connectivity index is 1.46. The van der Waals surface area contributed by atoms with E-state index < -0.39 is 0 Å². The second-order valence-electron chi connectivity index (χ2n) is 6.72. The summed E-state index contributed by atoms with van der Waals surface area (Å²) in [5, 5.41) is 6.32. The van der Waals surface area contributed by atoms with Crippen molar-refractivity contribution in [3.63, 3.8) is 0 Å². The second-order valence-corrected chi connectivity index (χ2v) is 7.64. The molecule has 0 unspecified atom stereocenters. The molecule has 4 nitrogen and oxygen atoms in total. The molecule has 1 saturated heterocycles. The smallest absolute Gasteiger partial charge is 0.252 e. The highest BCUT2D eigenvalue weighted by Gasteiger charge is 2.27. The third kappa shape index (κ3) is 3.58. The summed E-state index contributed by atoms with van der Waals surface area (Å²) in [5.41, 5.74) is 3.15. The van der Waals surface area contributed by atoms with Gasteiger partial charge in [0.1, 0.15) is 5.75 Å². The van der Waals surface area contributed by atoms with E-state index in [4.69, 9.17) is 4.74 Å². The number of ether oxygens (including phenoxy) is 1. The fraction of sp³-hybridized carbons (Fsp3) is 0.350. The number of benzene rings is 2. The van der Waals surface area contributed by atoms with E-state index in [1.54, 1.807) is 0 Å². The minimum Gasteiger partial charge on any atom is -0.493 e. The number of piperidine rings is 1. The molecule has 2 atom stereocenters. The van der Waals surface area contributed by atoms with Gasteiger partial charge in [-0.15, -0.1) is 0 Å². The molecule has 5 heteroatoms. The van der Waals surface area contributed by atoms with Crippen LogP contribution in [0.4, 0.5) is 0 Å². The number of carbonyl (C=O) groups is 1. The summed E-state index contributed by atoms with van der Waals surface area (Å²) in [4.78, 5) is 11.8. The predicted molar refractivity (Wildman–Crippen MR) is 101 cm³/mol. The molecule has 1 fully saturated rings. The summed E-state index contributed by atoms with van der Waals surface area (Å²) in [6, 6.07) is 14.4. The Bertz CT molecular complexity index is 776. The maximum absolute atomic E-state index is 11.8. The highest BCUT2D eigenvalue weighted by atomic mass is 79.9. The molecule has 0 saturated carbocycles. The molecule has 0 bridgehead atoms. The van der Waals surface area contributed by atoms with E-state index >= 15 is 0 Å². The van der Waals surface area contributed by atoms with Gasteiger partial charge >= 0.3 is 0 Å². The van der Waals surface area contributed by atoms with Gasteiger partial charge < -0.3 is 15.4 Å². The maximum Gasteiger partial charge on any atom is 0.252 e. The lowest BCUT2D eigenvalue weighted by atomic mass is 9.81. The highest BCUT2D eigenvalue weighted by molar-refractivity contribution is 9.10. The van der Waals surface area contributed by atoms with Crippen LogP contribution in [-0.4, -0.2) is 25.6 Å². The van der Waals surface area contributed by atoms with Crippen LogP contribution in [-0.2, 0) is 6.54 Å². The normalized spacial score (nSPS) is 22.4. The average Bonchev–Trinajstić information content (AvgIpc) is 3.02. The molecule has 2 aromatic carbocycles. The van der Waals surface area contributed by atoms with E-state index in [1.165, 1.54) is 5.56 Å². The van der Waals surface area contributed by atoms with Crippen molar-refractivity contribution in [2.45, 2.75) is 18.9 Å². The zero-order valence-electron chi connectivity index (χ0n) is 13.9. The van der Waals surface area contributed by atoms with Crippen molar-refractivity contribution in [3.8, 4) is 5.75 Å². The monoisotopic (exact) mass is 400 g/mol. The summed E-state index contributed by atoms with van der Waals surface area (Å²) >= 11 is 3.51. The lowest BCUT2D eigenvalue weighted by Gasteiger charge is -2.32. The van der Waals surface area contributed by atoms with E-state index in [0.717, 1.165) is 40.9 Å². The van der Waals surface area contributed by atoms with Gasteiger partial charge in [0.15, 0.2) is 0 Å². The summed E-state index contributed by atoms with van der Waals surface area (Å²) in [6.45, 7) is 3.25. The molecule has 2 N–H and O–H groups in total. The SMILES string of the molecule is O=C1NCc2ccc(OC[C@@H]3CNCC[C@H]3c3ccc(Br)cc3)cc21. The largest absolute Gasteiger partial charge is 0.493 e. The number of nitrogens with one attached hydrogen (secondary N) is 2. The van der Waals surface area contributed by atoms with Crippen LogP contribution in [0.1, 0.15) is 33.8 Å². The Morgan fingerprint density at radius 1 is 1.16 bits per heavy atom. The van der Waals surface area contributed by atoms with E-state index in [1.807, 2.05) is 18.2 Å². The van der Waals surface area contributed by atoms with Crippen LogP contribution in [0, 0.1) is 5.92 Å². The van der Waals surface area contributed by atoms with Crippen molar-refractivity contribution in [1.82, 2.24) is 10.6 Å². The van der Waals surface area contributed by atoms with E-state index in [2.05, 4.69) is 50.8 Å². The first kappa shape index (κ1) is 16.6. The standard InChI is InChI=1S/C20H21BrN2O2/c21-16-4-1-13(2-5-16)18-7-8-22-10-15(18)12-25-17-6-3-14-11-23-20(24)19(14)9-17/h1-6,9,15,18,22H,7-8,10-12H2,(H,23,24)/t15-,18-/m0/s1. The van der Waals surface area contributed by atoms with Crippen molar-refractivity contribution in [2.24, 2.45) is 5.92 Å². The van der Waals surface area contributed by atoms with Crippen LogP contribution in [0.15, 0.2) is 46.9 Å². The van der Waals surface area contributed by atoms with Crippen molar-refractivity contribution >= 4 is 21.8 Å². The molecule has 4 rings (SSSR count). The van der Waals surface area contributed by atoms with Crippen molar-refractivity contribution in [3.05, 3.63) is 63.6 Å². The Morgan fingerprint density at radius 3 is 2.84 bits per heavy atom. The first-order chi connectivity index (χ1) is 12.2. The van der Waals surface area contributed by atoms with Gasteiger partial charge in [-0.3, -0.25) is 4.79 Å². The molecular weight excluding hydrogens is 380 g/mol. The number of hydrogen-bond acceptors (Lipinski definition) is 3. The van der Waals surface area contributed by atoms with E-state index in [0.29, 0.717) is 25.0 Å². The van der Waals surface area contributed by atoms with Gasteiger partial charge in [0.05, 0.1) is 6.61 Å². The number of carbonyl (C=O) groups excluding carboxylic acids is 1. The molecule has 2 aromatic rings. The number of hydrogen-bond donors (Lipinski definition) is 2. The summed E-state index contributed by atoms with van der Waals surface area (Å²) in [7, 11) is 0. The minimum absolute atomic E-state index is 0.00692. The zero-order chi connectivity index (χ0) is 17.2.